The molecule has 1 heterocycles. The van der Waals surface area contributed by atoms with Gasteiger partial charge in [-0.3, -0.25) is 0 Å². The van der Waals surface area contributed by atoms with Crippen LogP contribution in [0.5, 0.6) is 11.6 Å². The van der Waals surface area contributed by atoms with Crippen LogP contribution in [0, 0.1) is 0 Å². The zero-order valence-corrected chi connectivity index (χ0v) is 12.1. The molecule has 3 nitrogen and oxygen atoms in total. The first-order chi connectivity index (χ1) is 9.85. The van der Waals surface area contributed by atoms with Gasteiger partial charge in [0.15, 0.2) is 5.75 Å². The summed E-state index contributed by atoms with van der Waals surface area (Å²) in [6.07, 6.45) is 3.77. The van der Waals surface area contributed by atoms with Gasteiger partial charge in [0.1, 0.15) is 6.10 Å². The van der Waals surface area contributed by atoms with Crippen molar-refractivity contribution >= 4 is 0 Å². The van der Waals surface area contributed by atoms with Gasteiger partial charge in [0.2, 0.25) is 0 Å². The van der Waals surface area contributed by atoms with Gasteiger partial charge in [-0.2, -0.15) is 0 Å². The maximum absolute atomic E-state index is 6.14. The SMILES string of the molecule is CCCC(Oc1cccnc1OCC)c1ccccc1. The summed E-state index contributed by atoms with van der Waals surface area (Å²) in [6, 6.07) is 14.0. The van der Waals surface area contributed by atoms with Crippen molar-refractivity contribution in [1.29, 1.82) is 0 Å². The maximum atomic E-state index is 6.14. The van der Waals surface area contributed by atoms with Gasteiger partial charge < -0.3 is 9.47 Å². The first-order valence-electron chi connectivity index (χ1n) is 7.14. The molecule has 0 aliphatic rings. The predicted octanol–water partition coefficient (Wildman–Crippen LogP) is 4.40. The van der Waals surface area contributed by atoms with E-state index in [1.807, 2.05) is 37.3 Å². The number of nitrogens with zero attached hydrogens (tertiary/aromatic N) is 1. The second-order valence-corrected chi connectivity index (χ2v) is 4.55. The summed E-state index contributed by atoms with van der Waals surface area (Å²) in [4.78, 5) is 4.23. The summed E-state index contributed by atoms with van der Waals surface area (Å²) in [5, 5.41) is 0. The van der Waals surface area contributed by atoms with Crippen molar-refractivity contribution < 1.29 is 9.47 Å². The molecule has 0 bridgehead atoms. The van der Waals surface area contributed by atoms with E-state index < -0.39 is 0 Å². The summed E-state index contributed by atoms with van der Waals surface area (Å²) >= 11 is 0. The molecule has 2 rings (SSSR count). The highest BCUT2D eigenvalue weighted by molar-refractivity contribution is 5.33. The summed E-state index contributed by atoms with van der Waals surface area (Å²) in [6.45, 7) is 4.68. The van der Waals surface area contributed by atoms with Crippen molar-refractivity contribution in [3.63, 3.8) is 0 Å². The van der Waals surface area contributed by atoms with Gasteiger partial charge in [-0.1, -0.05) is 43.7 Å². The smallest absolute Gasteiger partial charge is 0.257 e. The minimum Gasteiger partial charge on any atom is -0.480 e. The molecule has 2 aromatic rings. The van der Waals surface area contributed by atoms with Crippen LogP contribution in [0.2, 0.25) is 0 Å². The van der Waals surface area contributed by atoms with Gasteiger partial charge in [0.25, 0.3) is 5.88 Å². The van der Waals surface area contributed by atoms with Crippen LogP contribution >= 0.6 is 0 Å². The van der Waals surface area contributed by atoms with Gasteiger partial charge in [0, 0.05) is 6.20 Å². The van der Waals surface area contributed by atoms with Gasteiger partial charge in [0.05, 0.1) is 6.61 Å². The molecule has 0 saturated carbocycles. The lowest BCUT2D eigenvalue weighted by molar-refractivity contribution is 0.180. The number of ether oxygens (including phenoxy) is 2. The molecule has 1 aromatic carbocycles. The van der Waals surface area contributed by atoms with Crippen molar-refractivity contribution in [3.05, 3.63) is 54.2 Å². The Morgan fingerprint density at radius 3 is 2.55 bits per heavy atom. The number of hydrogen-bond donors (Lipinski definition) is 0. The van der Waals surface area contributed by atoms with Crippen LogP contribution in [0.4, 0.5) is 0 Å². The minimum absolute atomic E-state index is 0.0320. The third-order valence-electron chi connectivity index (χ3n) is 3.01. The van der Waals surface area contributed by atoms with Crippen LogP contribution in [0.25, 0.3) is 0 Å². The van der Waals surface area contributed by atoms with E-state index in [9.17, 15) is 0 Å². The molecular formula is C17H21NO2. The van der Waals surface area contributed by atoms with Gasteiger partial charge in [-0.15, -0.1) is 0 Å². The molecule has 0 saturated heterocycles. The molecule has 1 aromatic heterocycles. The zero-order valence-electron chi connectivity index (χ0n) is 12.1. The Bertz CT molecular complexity index is 513. The highest BCUT2D eigenvalue weighted by atomic mass is 16.5. The van der Waals surface area contributed by atoms with Crippen molar-refractivity contribution in [2.75, 3.05) is 6.61 Å². The molecule has 0 radical (unpaired) electrons. The van der Waals surface area contributed by atoms with Crippen molar-refractivity contribution in [3.8, 4) is 11.6 Å². The molecule has 20 heavy (non-hydrogen) atoms. The van der Waals surface area contributed by atoms with Crippen LogP contribution < -0.4 is 9.47 Å². The topological polar surface area (TPSA) is 31.4 Å². The average molecular weight is 271 g/mol. The number of rotatable bonds is 7. The Labute approximate surface area is 120 Å². The van der Waals surface area contributed by atoms with Gasteiger partial charge in [-0.25, -0.2) is 4.98 Å². The number of benzene rings is 1. The second kappa shape index (κ2) is 7.53. The Balaban J connectivity index is 2.20. The molecule has 1 unspecified atom stereocenters. The summed E-state index contributed by atoms with van der Waals surface area (Å²) < 4.78 is 11.7. The molecule has 0 N–H and O–H groups in total. The second-order valence-electron chi connectivity index (χ2n) is 4.55. The van der Waals surface area contributed by atoms with E-state index >= 15 is 0 Å². The van der Waals surface area contributed by atoms with E-state index in [4.69, 9.17) is 9.47 Å². The monoisotopic (exact) mass is 271 g/mol. The average Bonchev–Trinajstić information content (AvgIpc) is 2.50. The Morgan fingerprint density at radius 2 is 1.85 bits per heavy atom. The minimum atomic E-state index is 0.0320. The standard InChI is InChI=1S/C17H21NO2/c1-3-9-15(14-10-6-5-7-11-14)20-16-12-8-13-18-17(16)19-4-2/h5-8,10-13,15H,3-4,9H2,1-2H3. The third-order valence-corrected chi connectivity index (χ3v) is 3.01. The predicted molar refractivity (Wildman–Crippen MR) is 80.1 cm³/mol. The van der Waals surface area contributed by atoms with Crippen molar-refractivity contribution in [2.24, 2.45) is 0 Å². The molecule has 0 amide bonds. The number of hydrogen-bond acceptors (Lipinski definition) is 3. The molecule has 106 valence electrons. The lowest BCUT2D eigenvalue weighted by Crippen LogP contribution is -2.09. The fourth-order valence-electron chi connectivity index (χ4n) is 2.09. The molecule has 3 heteroatoms. The fourth-order valence-corrected chi connectivity index (χ4v) is 2.09. The third kappa shape index (κ3) is 3.73. The Hall–Kier alpha value is -2.03. The maximum Gasteiger partial charge on any atom is 0.257 e. The molecule has 0 aliphatic heterocycles. The normalized spacial score (nSPS) is 11.9. The van der Waals surface area contributed by atoms with E-state index in [1.165, 1.54) is 5.56 Å². The van der Waals surface area contributed by atoms with Gasteiger partial charge >= 0.3 is 0 Å². The highest BCUT2D eigenvalue weighted by Crippen LogP contribution is 2.31. The Morgan fingerprint density at radius 1 is 1.05 bits per heavy atom. The van der Waals surface area contributed by atoms with Crippen LogP contribution in [0.1, 0.15) is 38.4 Å². The lowest BCUT2D eigenvalue weighted by Gasteiger charge is -2.20. The van der Waals surface area contributed by atoms with Crippen molar-refractivity contribution in [2.45, 2.75) is 32.8 Å². The van der Waals surface area contributed by atoms with Crippen molar-refractivity contribution in [1.82, 2.24) is 4.98 Å². The quantitative estimate of drug-likeness (QED) is 0.748. The van der Waals surface area contributed by atoms with Crippen LogP contribution in [0.3, 0.4) is 0 Å². The molecular weight excluding hydrogens is 250 g/mol. The van der Waals surface area contributed by atoms with Crippen LogP contribution in [-0.2, 0) is 0 Å². The molecule has 0 spiro atoms. The van der Waals surface area contributed by atoms with Crippen LogP contribution in [-0.4, -0.2) is 11.6 Å². The number of pyridine rings is 1. The highest BCUT2D eigenvalue weighted by Gasteiger charge is 2.15. The van der Waals surface area contributed by atoms with E-state index in [0.29, 0.717) is 18.2 Å². The fraction of sp³-hybridized carbons (Fsp3) is 0.353. The largest absolute Gasteiger partial charge is 0.480 e. The summed E-state index contributed by atoms with van der Waals surface area (Å²) in [5.74, 6) is 1.27. The zero-order chi connectivity index (χ0) is 14.2. The summed E-state index contributed by atoms with van der Waals surface area (Å²) in [5.41, 5.74) is 1.18. The van der Waals surface area contributed by atoms with E-state index in [0.717, 1.165) is 12.8 Å². The first kappa shape index (κ1) is 14.4. The van der Waals surface area contributed by atoms with Gasteiger partial charge in [-0.05, 0) is 31.0 Å². The number of aromatic nitrogens is 1. The Kier molecular flexibility index (Phi) is 5.42. The van der Waals surface area contributed by atoms with E-state index in [1.54, 1.807) is 6.20 Å². The molecule has 0 aliphatic carbocycles. The molecule has 1 atom stereocenters. The lowest BCUT2D eigenvalue weighted by atomic mass is 10.1. The van der Waals surface area contributed by atoms with E-state index in [2.05, 4.69) is 24.0 Å². The molecule has 0 fully saturated rings. The van der Waals surface area contributed by atoms with Crippen LogP contribution in [0.15, 0.2) is 48.7 Å². The summed E-state index contributed by atoms with van der Waals surface area (Å²) in [7, 11) is 0. The van der Waals surface area contributed by atoms with E-state index in [-0.39, 0.29) is 6.10 Å². The first-order valence-corrected chi connectivity index (χ1v) is 7.14.